The van der Waals surface area contributed by atoms with Crippen molar-refractivity contribution in [2.45, 2.75) is 110 Å². The van der Waals surface area contributed by atoms with Gasteiger partial charge in [0.1, 0.15) is 17.7 Å². The van der Waals surface area contributed by atoms with Crippen molar-refractivity contribution in [1.29, 1.82) is 0 Å². The number of methoxy groups -OCH3 is 1. The van der Waals surface area contributed by atoms with E-state index in [0.29, 0.717) is 31.0 Å². The summed E-state index contributed by atoms with van der Waals surface area (Å²) in [5, 5.41) is 4.90. The molecule has 1 aliphatic carbocycles. The maximum absolute atomic E-state index is 14.3. The van der Waals surface area contributed by atoms with Crippen LogP contribution in [0.5, 0.6) is 0 Å². The van der Waals surface area contributed by atoms with Gasteiger partial charge in [0.2, 0.25) is 11.8 Å². The molecule has 67 heavy (non-hydrogen) atoms. The SMILES string of the molecule is COC(=O)N[C@H](C(=O)N1C[C@]2(CCCOC2)C[C@H]1c1nc2c(ccc3cc(-c4ccc(-c5cnc([C@@H]6C[C@@H]7CCCC[C@@H]7N6C(=O)[C@@H](C)C(C)C)[nH]5)cc4)ccc32)[nH]1)C(C)C.S.S.S.S.S.S. The molecule has 12 nitrogen and oxygen atoms in total. The van der Waals surface area contributed by atoms with Crippen LogP contribution in [0.25, 0.3) is 44.2 Å². The van der Waals surface area contributed by atoms with Crippen molar-refractivity contribution in [2.75, 3.05) is 26.9 Å². The summed E-state index contributed by atoms with van der Waals surface area (Å²) < 4.78 is 10.9. The second kappa shape index (κ2) is 24.1. The van der Waals surface area contributed by atoms with E-state index in [4.69, 9.17) is 19.4 Å². The smallest absolute Gasteiger partial charge is 0.407 e. The fourth-order valence-corrected chi connectivity index (χ4v) is 10.8. The molecule has 2 aromatic heterocycles. The Morgan fingerprint density at radius 1 is 0.806 bits per heavy atom. The summed E-state index contributed by atoms with van der Waals surface area (Å²) in [6.07, 6.45) is 9.64. The number of ether oxygens (including phenoxy) is 2. The average molecular weight is 1030 g/mol. The van der Waals surface area contributed by atoms with Gasteiger partial charge in [-0.25, -0.2) is 14.8 Å². The molecule has 5 aromatic rings. The third-order valence-electron chi connectivity index (χ3n) is 14.6. The number of likely N-dealkylation sites (tertiary alicyclic amines) is 2. The fraction of sp³-hybridized carbons (Fsp3) is 0.531. The number of nitrogens with zero attached hydrogens (tertiary/aromatic N) is 4. The highest BCUT2D eigenvalue weighted by molar-refractivity contribution is 7.60. The number of hydrogen-bond donors (Lipinski definition) is 3. The third-order valence-corrected chi connectivity index (χ3v) is 14.6. The quantitative estimate of drug-likeness (QED) is 0.133. The van der Waals surface area contributed by atoms with Crippen molar-refractivity contribution >= 4 is 121 Å². The lowest BCUT2D eigenvalue weighted by Gasteiger charge is -2.36. The lowest BCUT2D eigenvalue weighted by molar-refractivity contribution is -0.140. The summed E-state index contributed by atoms with van der Waals surface area (Å²) in [7, 11) is 1.31. The van der Waals surface area contributed by atoms with Gasteiger partial charge in [0.15, 0.2) is 0 Å². The summed E-state index contributed by atoms with van der Waals surface area (Å²) in [5.74, 6) is 2.45. The zero-order chi connectivity index (χ0) is 42.6. The summed E-state index contributed by atoms with van der Waals surface area (Å²) in [6, 6.07) is 18.6. The second-order valence-corrected chi connectivity index (χ2v) is 19.1. The van der Waals surface area contributed by atoms with E-state index in [1.54, 1.807) is 0 Å². The van der Waals surface area contributed by atoms with E-state index in [9.17, 15) is 14.4 Å². The number of amides is 3. The Hall–Kier alpha value is -3.13. The molecule has 3 amide bonds. The molecular weight excluding hydrogens is 959 g/mol. The molecule has 370 valence electrons. The van der Waals surface area contributed by atoms with Gasteiger partial charge in [-0.15, -0.1) is 0 Å². The number of imidazole rings is 2. The van der Waals surface area contributed by atoms with E-state index >= 15 is 0 Å². The third kappa shape index (κ3) is 11.4. The number of nitrogens with one attached hydrogen (secondary N) is 3. The number of fused-ring (bicyclic) bond motifs is 4. The number of benzene rings is 3. The average Bonchev–Trinajstić information content (AvgIpc) is 4.09. The normalized spacial score (nSPS) is 22.9. The Bertz CT molecular complexity index is 2440. The van der Waals surface area contributed by atoms with E-state index in [0.717, 1.165) is 94.5 Å². The van der Waals surface area contributed by atoms with Crippen LogP contribution in [0.1, 0.15) is 110 Å². The lowest BCUT2D eigenvalue weighted by Crippen LogP contribution is -2.51. The van der Waals surface area contributed by atoms with E-state index in [2.05, 4.69) is 95.6 Å². The number of alkyl carbamates (subject to hydrolysis) is 1. The minimum atomic E-state index is -0.730. The Labute approximate surface area is 437 Å². The van der Waals surface area contributed by atoms with Crippen LogP contribution < -0.4 is 5.32 Å². The number of H-pyrrole nitrogens is 2. The molecule has 3 N–H and O–H groups in total. The highest BCUT2D eigenvalue weighted by Gasteiger charge is 2.50. The second-order valence-electron chi connectivity index (χ2n) is 19.1. The van der Waals surface area contributed by atoms with Gasteiger partial charge >= 0.3 is 6.09 Å². The molecule has 0 unspecified atom stereocenters. The lowest BCUT2D eigenvalue weighted by atomic mass is 9.80. The van der Waals surface area contributed by atoms with Crippen LogP contribution in [0.2, 0.25) is 0 Å². The molecule has 3 aliphatic heterocycles. The molecule has 0 bridgehead atoms. The molecule has 1 saturated carbocycles. The van der Waals surface area contributed by atoms with Crippen LogP contribution in [-0.4, -0.2) is 86.6 Å². The molecular formula is C49H73N7O5S6. The summed E-state index contributed by atoms with van der Waals surface area (Å²) >= 11 is 0. The zero-order valence-corrected chi connectivity index (χ0v) is 45.5. The maximum Gasteiger partial charge on any atom is 0.407 e. The Balaban J connectivity index is 0.00000198. The number of rotatable bonds is 9. The van der Waals surface area contributed by atoms with Crippen LogP contribution >= 0.6 is 81.0 Å². The molecule has 7 atom stereocenters. The van der Waals surface area contributed by atoms with Gasteiger partial charge in [0, 0.05) is 35.9 Å². The number of hydrogen-bond acceptors (Lipinski definition) is 7. The van der Waals surface area contributed by atoms with Crippen molar-refractivity contribution in [3.63, 3.8) is 0 Å². The summed E-state index contributed by atoms with van der Waals surface area (Å²) in [4.78, 5) is 61.9. The van der Waals surface area contributed by atoms with Gasteiger partial charge < -0.3 is 34.6 Å². The topological polar surface area (TPSA) is 146 Å². The molecule has 18 heteroatoms. The van der Waals surface area contributed by atoms with Crippen LogP contribution in [-0.2, 0) is 19.1 Å². The largest absolute Gasteiger partial charge is 0.453 e. The molecule has 1 spiro atoms. The first-order valence-electron chi connectivity index (χ1n) is 22.6. The van der Waals surface area contributed by atoms with Crippen LogP contribution in [0.15, 0.2) is 60.8 Å². The van der Waals surface area contributed by atoms with Crippen LogP contribution in [0.4, 0.5) is 4.79 Å². The number of aromatic amines is 2. The predicted octanol–water partition coefficient (Wildman–Crippen LogP) is 10.0. The molecule has 3 saturated heterocycles. The summed E-state index contributed by atoms with van der Waals surface area (Å²) in [5.41, 5.74) is 5.83. The van der Waals surface area contributed by atoms with Gasteiger partial charge in [0.25, 0.3) is 0 Å². The van der Waals surface area contributed by atoms with E-state index < -0.39 is 12.1 Å². The molecule has 3 aromatic carbocycles. The number of carbonyl (C=O) groups is 3. The highest BCUT2D eigenvalue weighted by atomic mass is 32.1. The predicted molar refractivity (Wildman–Crippen MR) is 299 cm³/mol. The van der Waals surface area contributed by atoms with Gasteiger partial charge in [-0.05, 0) is 90.5 Å². The highest BCUT2D eigenvalue weighted by Crippen LogP contribution is 2.49. The monoisotopic (exact) mass is 1030 g/mol. The van der Waals surface area contributed by atoms with Crippen molar-refractivity contribution in [3.8, 4) is 22.4 Å². The van der Waals surface area contributed by atoms with Crippen molar-refractivity contribution in [2.24, 2.45) is 29.1 Å². The van der Waals surface area contributed by atoms with Crippen LogP contribution in [0, 0.1) is 29.1 Å². The molecule has 9 rings (SSSR count). The van der Waals surface area contributed by atoms with Gasteiger partial charge in [-0.2, -0.15) is 81.0 Å². The first kappa shape index (κ1) is 58.2. The standard InChI is InChI=1S/C49H61N7O5.6H2S/c1-28(2)30(5)46(57)56-39-11-8-7-10-35(39)23-40(56)44-50-25-38(52-44)32-14-12-31(13-15-32)33-16-18-36-34(22-33)17-19-37-43(36)53-45(51-37)41-24-49(20-9-21-61-27-49)26-55(41)47(58)42(29(3)4)54-48(59)60-6;;;;;;/h12-19,22,25,28-30,35,39-42H,7-11,20-21,23-24,26-27H2,1-6H3,(H,50,52)(H,51,53)(H,54,59);6*1H2/t30-,35-,39-,40-,41-,42-,49-;;;;;;/m0....../s1. The molecule has 5 heterocycles. The van der Waals surface area contributed by atoms with E-state index in [-0.39, 0.29) is 122 Å². The Morgan fingerprint density at radius 3 is 2.18 bits per heavy atom. The van der Waals surface area contributed by atoms with Gasteiger partial charge in [-0.1, -0.05) is 89.9 Å². The Kier molecular flexibility index (Phi) is 21.0. The van der Waals surface area contributed by atoms with Crippen molar-refractivity contribution < 1.29 is 23.9 Å². The summed E-state index contributed by atoms with van der Waals surface area (Å²) in [6.45, 7) is 12.1. The van der Waals surface area contributed by atoms with E-state index in [1.165, 1.54) is 26.4 Å². The number of aromatic nitrogens is 4. The minimum absolute atomic E-state index is 0. The first-order valence-corrected chi connectivity index (χ1v) is 22.6. The van der Waals surface area contributed by atoms with Crippen molar-refractivity contribution in [1.82, 2.24) is 35.1 Å². The maximum atomic E-state index is 14.3. The molecule has 4 aliphatic rings. The van der Waals surface area contributed by atoms with Gasteiger partial charge in [-0.3, -0.25) is 9.59 Å². The molecule has 4 fully saturated rings. The molecule has 0 radical (unpaired) electrons. The van der Waals surface area contributed by atoms with Crippen LogP contribution in [0.3, 0.4) is 0 Å². The minimum Gasteiger partial charge on any atom is -0.453 e. The first-order chi connectivity index (χ1) is 29.4. The van der Waals surface area contributed by atoms with Crippen molar-refractivity contribution in [3.05, 3.63) is 72.4 Å². The van der Waals surface area contributed by atoms with Gasteiger partial charge in [0.05, 0.1) is 48.7 Å². The fourth-order valence-electron chi connectivity index (χ4n) is 10.8. The zero-order valence-electron chi connectivity index (χ0n) is 39.5. The number of carbonyl (C=O) groups excluding carboxylic acids is 3. The van der Waals surface area contributed by atoms with E-state index in [1.807, 2.05) is 24.9 Å². The Morgan fingerprint density at radius 2 is 1.51 bits per heavy atom.